The van der Waals surface area contributed by atoms with Crippen LogP contribution in [0.15, 0.2) is 18.5 Å². The number of carbonyl (C=O) groups excluding carboxylic acids is 2. The van der Waals surface area contributed by atoms with Crippen LogP contribution in [-0.2, 0) is 4.79 Å². The van der Waals surface area contributed by atoms with Crippen LogP contribution >= 0.6 is 0 Å². The second-order valence-electron chi connectivity index (χ2n) is 3.60. The number of aromatic nitrogens is 2. The maximum absolute atomic E-state index is 12.0. The minimum absolute atomic E-state index is 0.124. The molecular weight excluding hydrogens is 208 g/mol. The van der Waals surface area contributed by atoms with E-state index in [4.69, 9.17) is 0 Å². The first-order valence-corrected chi connectivity index (χ1v) is 5.05. The van der Waals surface area contributed by atoms with Crippen LogP contribution < -0.4 is 5.32 Å². The Balaban J connectivity index is 2.19. The summed E-state index contributed by atoms with van der Waals surface area (Å²) in [7, 11) is 0. The van der Waals surface area contributed by atoms with E-state index in [9.17, 15) is 9.59 Å². The molecule has 0 radical (unpaired) electrons. The minimum atomic E-state index is -0.436. The predicted molar refractivity (Wildman–Crippen MR) is 55.5 cm³/mol. The van der Waals surface area contributed by atoms with E-state index in [0.29, 0.717) is 18.7 Å². The summed E-state index contributed by atoms with van der Waals surface area (Å²) in [6.07, 6.45) is 2.86. The fourth-order valence-corrected chi connectivity index (χ4v) is 1.64. The van der Waals surface area contributed by atoms with Gasteiger partial charge in [0.25, 0.3) is 5.91 Å². The molecule has 1 aliphatic heterocycles. The number of hydrogen-bond donors (Lipinski definition) is 1. The largest absolute Gasteiger partial charge is 0.353 e. The van der Waals surface area contributed by atoms with Crippen molar-refractivity contribution in [2.45, 2.75) is 13.0 Å². The van der Waals surface area contributed by atoms with Crippen molar-refractivity contribution in [2.75, 3.05) is 13.1 Å². The smallest absolute Gasteiger partial charge is 0.256 e. The van der Waals surface area contributed by atoms with Crippen molar-refractivity contribution in [3.63, 3.8) is 0 Å². The van der Waals surface area contributed by atoms with Gasteiger partial charge in [0.1, 0.15) is 6.04 Å². The highest BCUT2D eigenvalue weighted by molar-refractivity contribution is 5.97. The summed E-state index contributed by atoms with van der Waals surface area (Å²) in [5.41, 5.74) is 0.455. The second kappa shape index (κ2) is 4.26. The molecule has 1 aromatic heterocycles. The van der Waals surface area contributed by atoms with Crippen LogP contribution in [0, 0.1) is 0 Å². The van der Waals surface area contributed by atoms with E-state index >= 15 is 0 Å². The number of amides is 2. The van der Waals surface area contributed by atoms with E-state index in [2.05, 4.69) is 15.5 Å². The highest BCUT2D eigenvalue weighted by Gasteiger charge is 2.29. The van der Waals surface area contributed by atoms with Crippen LogP contribution in [0.1, 0.15) is 17.3 Å². The molecule has 1 aromatic rings. The van der Waals surface area contributed by atoms with E-state index < -0.39 is 6.04 Å². The predicted octanol–water partition coefficient (Wildman–Crippen LogP) is -0.563. The maximum atomic E-state index is 12.0. The Labute approximate surface area is 92.7 Å². The normalized spacial score (nSPS) is 20.4. The number of nitrogens with zero attached hydrogens (tertiary/aromatic N) is 3. The van der Waals surface area contributed by atoms with Gasteiger partial charge in [-0.25, -0.2) is 0 Å². The molecule has 16 heavy (non-hydrogen) atoms. The van der Waals surface area contributed by atoms with Gasteiger partial charge >= 0.3 is 0 Å². The molecule has 1 unspecified atom stereocenters. The number of rotatable bonds is 1. The van der Waals surface area contributed by atoms with E-state index in [0.717, 1.165) is 0 Å². The first kappa shape index (κ1) is 10.5. The topological polar surface area (TPSA) is 75.2 Å². The standard InChI is InChI=1S/C10H12N4O2/c1-7-9(15)11-4-5-14(7)10(16)8-2-3-12-13-6-8/h2-3,6-7H,4-5H2,1H3,(H,11,15). The number of nitrogens with one attached hydrogen (secondary N) is 1. The van der Waals surface area contributed by atoms with Gasteiger partial charge in [-0.3, -0.25) is 9.59 Å². The van der Waals surface area contributed by atoms with Crippen LogP contribution in [0.25, 0.3) is 0 Å². The fraction of sp³-hybridized carbons (Fsp3) is 0.400. The summed E-state index contributed by atoms with van der Waals surface area (Å²) < 4.78 is 0. The molecule has 2 amide bonds. The Morgan fingerprint density at radius 2 is 2.38 bits per heavy atom. The SMILES string of the molecule is CC1C(=O)NCCN1C(=O)c1ccnnc1. The van der Waals surface area contributed by atoms with Gasteiger partial charge in [0.05, 0.1) is 18.0 Å². The molecular formula is C10H12N4O2. The maximum Gasteiger partial charge on any atom is 0.256 e. The molecule has 2 rings (SSSR count). The lowest BCUT2D eigenvalue weighted by Gasteiger charge is -2.32. The minimum Gasteiger partial charge on any atom is -0.353 e. The van der Waals surface area contributed by atoms with Gasteiger partial charge in [0.15, 0.2) is 0 Å². The number of hydrogen-bond acceptors (Lipinski definition) is 4. The van der Waals surface area contributed by atoms with Crippen LogP contribution in [-0.4, -0.2) is 46.0 Å². The van der Waals surface area contributed by atoms with Crippen LogP contribution in [0.5, 0.6) is 0 Å². The first-order valence-electron chi connectivity index (χ1n) is 5.05. The average Bonchev–Trinajstić information content (AvgIpc) is 2.33. The van der Waals surface area contributed by atoms with Crippen molar-refractivity contribution in [3.8, 4) is 0 Å². The van der Waals surface area contributed by atoms with E-state index in [1.165, 1.54) is 17.3 Å². The molecule has 1 fully saturated rings. The molecule has 1 atom stereocenters. The van der Waals surface area contributed by atoms with Gasteiger partial charge in [0, 0.05) is 13.1 Å². The lowest BCUT2D eigenvalue weighted by Crippen LogP contribution is -2.55. The molecule has 1 aliphatic rings. The van der Waals surface area contributed by atoms with Crippen molar-refractivity contribution >= 4 is 11.8 Å². The summed E-state index contributed by atoms with van der Waals surface area (Å²) in [6, 6.07) is 1.16. The van der Waals surface area contributed by atoms with Crippen molar-refractivity contribution in [1.82, 2.24) is 20.4 Å². The highest BCUT2D eigenvalue weighted by atomic mass is 16.2. The lowest BCUT2D eigenvalue weighted by atomic mass is 10.1. The van der Waals surface area contributed by atoms with E-state index in [1.807, 2.05) is 0 Å². The molecule has 2 heterocycles. The van der Waals surface area contributed by atoms with Gasteiger partial charge in [-0.1, -0.05) is 0 Å². The van der Waals surface area contributed by atoms with Crippen molar-refractivity contribution in [1.29, 1.82) is 0 Å². The third-order valence-corrected chi connectivity index (χ3v) is 2.59. The van der Waals surface area contributed by atoms with Crippen molar-refractivity contribution in [3.05, 3.63) is 24.0 Å². The van der Waals surface area contributed by atoms with Crippen molar-refractivity contribution < 1.29 is 9.59 Å². The first-order chi connectivity index (χ1) is 7.70. The molecule has 0 bridgehead atoms. The van der Waals surface area contributed by atoms with Gasteiger partial charge < -0.3 is 10.2 Å². The summed E-state index contributed by atoms with van der Waals surface area (Å²) in [5.74, 6) is -0.307. The van der Waals surface area contributed by atoms with Gasteiger partial charge in [-0.15, -0.1) is 0 Å². The van der Waals surface area contributed by atoms with E-state index in [-0.39, 0.29) is 11.8 Å². The summed E-state index contributed by atoms with van der Waals surface area (Å²) >= 11 is 0. The third kappa shape index (κ3) is 1.86. The highest BCUT2D eigenvalue weighted by Crippen LogP contribution is 2.09. The molecule has 0 saturated carbocycles. The summed E-state index contributed by atoms with van der Waals surface area (Å²) in [5, 5.41) is 9.96. The molecule has 0 spiro atoms. The zero-order valence-corrected chi connectivity index (χ0v) is 8.88. The molecule has 0 aliphatic carbocycles. The molecule has 1 saturated heterocycles. The van der Waals surface area contributed by atoms with Crippen LogP contribution in [0.2, 0.25) is 0 Å². The quantitative estimate of drug-likeness (QED) is 0.688. The van der Waals surface area contributed by atoms with Gasteiger partial charge in [-0.05, 0) is 13.0 Å². The number of carbonyl (C=O) groups is 2. The van der Waals surface area contributed by atoms with Crippen LogP contribution in [0.4, 0.5) is 0 Å². The lowest BCUT2D eigenvalue weighted by molar-refractivity contribution is -0.127. The summed E-state index contributed by atoms with van der Waals surface area (Å²) in [6.45, 7) is 2.72. The molecule has 0 aromatic carbocycles. The molecule has 1 N–H and O–H groups in total. The fourth-order valence-electron chi connectivity index (χ4n) is 1.64. The number of piperazine rings is 1. The molecule has 84 valence electrons. The average molecular weight is 220 g/mol. The Morgan fingerprint density at radius 3 is 3.06 bits per heavy atom. The van der Waals surface area contributed by atoms with E-state index in [1.54, 1.807) is 13.0 Å². The van der Waals surface area contributed by atoms with Crippen molar-refractivity contribution in [2.24, 2.45) is 0 Å². The third-order valence-electron chi connectivity index (χ3n) is 2.59. The summed E-state index contributed by atoms with van der Waals surface area (Å²) in [4.78, 5) is 25.0. The Hall–Kier alpha value is -1.98. The Kier molecular flexibility index (Phi) is 2.80. The second-order valence-corrected chi connectivity index (χ2v) is 3.60. The van der Waals surface area contributed by atoms with Gasteiger partial charge in [0.2, 0.25) is 5.91 Å². The zero-order chi connectivity index (χ0) is 11.5. The van der Waals surface area contributed by atoms with Crippen LogP contribution in [0.3, 0.4) is 0 Å². The molecule has 6 heteroatoms. The Morgan fingerprint density at radius 1 is 1.56 bits per heavy atom. The van der Waals surface area contributed by atoms with Gasteiger partial charge in [-0.2, -0.15) is 10.2 Å². The Bertz CT molecular complexity index is 407. The zero-order valence-electron chi connectivity index (χ0n) is 8.88. The molecule has 6 nitrogen and oxygen atoms in total. The monoisotopic (exact) mass is 220 g/mol.